The zero-order valence-electron chi connectivity index (χ0n) is 30.7. The Hall–Kier alpha value is -6.52. The zero-order valence-corrected chi connectivity index (χ0v) is 30.7. The summed E-state index contributed by atoms with van der Waals surface area (Å²) in [6.45, 7) is 9.36. The van der Waals surface area contributed by atoms with E-state index >= 15 is 0 Å². The Morgan fingerprint density at radius 1 is 0.370 bits per heavy atom. The number of fused-ring (bicyclic) bond motifs is 10. The van der Waals surface area contributed by atoms with Crippen molar-refractivity contribution in [2.75, 3.05) is 9.80 Å². The van der Waals surface area contributed by atoms with Crippen LogP contribution in [0.15, 0.2) is 158 Å². The van der Waals surface area contributed by atoms with E-state index in [1.54, 1.807) is 0 Å². The van der Waals surface area contributed by atoms with Crippen molar-refractivity contribution in [3.63, 3.8) is 0 Å². The molecule has 4 heteroatoms. The van der Waals surface area contributed by atoms with Gasteiger partial charge in [0.15, 0.2) is 11.5 Å². The van der Waals surface area contributed by atoms with Crippen molar-refractivity contribution in [3.05, 3.63) is 180 Å². The summed E-state index contributed by atoms with van der Waals surface area (Å²) in [5.74, 6) is 3.45. The van der Waals surface area contributed by atoms with E-state index in [0.29, 0.717) is 0 Å². The van der Waals surface area contributed by atoms with E-state index < -0.39 is 0 Å². The van der Waals surface area contributed by atoms with Crippen LogP contribution in [-0.4, -0.2) is 0 Å². The highest BCUT2D eigenvalue weighted by molar-refractivity contribution is 6.05. The van der Waals surface area contributed by atoms with Gasteiger partial charge in [0.25, 0.3) is 0 Å². The van der Waals surface area contributed by atoms with Gasteiger partial charge < -0.3 is 19.3 Å². The van der Waals surface area contributed by atoms with Crippen molar-refractivity contribution >= 4 is 55.7 Å². The van der Waals surface area contributed by atoms with Gasteiger partial charge in [0.1, 0.15) is 11.5 Å². The molecule has 0 radical (unpaired) electrons. The van der Waals surface area contributed by atoms with E-state index in [4.69, 9.17) is 9.47 Å². The lowest BCUT2D eigenvalue weighted by Gasteiger charge is -2.43. The van der Waals surface area contributed by atoms with Crippen LogP contribution in [-0.2, 0) is 10.8 Å². The van der Waals surface area contributed by atoms with E-state index in [1.165, 1.54) is 38.7 Å². The van der Waals surface area contributed by atoms with Crippen LogP contribution >= 0.6 is 0 Å². The van der Waals surface area contributed by atoms with Crippen LogP contribution in [0.25, 0.3) is 21.5 Å². The largest absolute Gasteiger partial charge is 0.457 e. The molecular weight excluding hydrogens is 661 g/mol. The second-order valence-corrected chi connectivity index (χ2v) is 15.8. The first-order chi connectivity index (χ1) is 26.3. The SMILES string of the molecule is CC1(C)c2cc(N3c4ccccc4Oc4ccc5ccccc5c43)ccc2Oc2ccc(N3c4ccccc4C(C)(C)c4ccc5ccccc5c43)cc21. The maximum Gasteiger partial charge on any atom is 0.152 e. The average molecular weight is 699 g/mol. The third-order valence-electron chi connectivity index (χ3n) is 12.0. The van der Waals surface area contributed by atoms with E-state index in [0.717, 1.165) is 62.3 Å². The highest BCUT2D eigenvalue weighted by Crippen LogP contribution is 2.58. The molecule has 0 N–H and O–H groups in total. The smallest absolute Gasteiger partial charge is 0.152 e. The van der Waals surface area contributed by atoms with Gasteiger partial charge in [0.05, 0.1) is 22.7 Å². The van der Waals surface area contributed by atoms with E-state index in [9.17, 15) is 0 Å². The van der Waals surface area contributed by atoms with Crippen LogP contribution in [0, 0.1) is 0 Å². The molecule has 8 aromatic carbocycles. The highest BCUT2D eigenvalue weighted by Gasteiger charge is 2.40. The van der Waals surface area contributed by atoms with Crippen molar-refractivity contribution < 1.29 is 9.47 Å². The van der Waals surface area contributed by atoms with E-state index in [1.807, 2.05) is 12.1 Å². The van der Waals surface area contributed by atoms with Gasteiger partial charge in [-0.15, -0.1) is 0 Å². The quantitative estimate of drug-likeness (QED) is 0.179. The fourth-order valence-corrected chi connectivity index (χ4v) is 9.25. The monoisotopic (exact) mass is 698 g/mol. The van der Waals surface area contributed by atoms with E-state index in [-0.39, 0.29) is 10.8 Å². The van der Waals surface area contributed by atoms with Crippen LogP contribution < -0.4 is 19.3 Å². The molecule has 0 saturated heterocycles. The van der Waals surface area contributed by atoms with Crippen molar-refractivity contribution in [2.24, 2.45) is 0 Å². The van der Waals surface area contributed by atoms with Gasteiger partial charge in [0.2, 0.25) is 0 Å². The molecule has 0 atom stereocenters. The molecule has 54 heavy (non-hydrogen) atoms. The van der Waals surface area contributed by atoms with Crippen molar-refractivity contribution in [3.8, 4) is 23.0 Å². The van der Waals surface area contributed by atoms with Crippen LogP contribution in [0.4, 0.5) is 34.1 Å². The zero-order chi connectivity index (χ0) is 36.3. The third-order valence-corrected chi connectivity index (χ3v) is 12.0. The van der Waals surface area contributed by atoms with Crippen LogP contribution in [0.5, 0.6) is 23.0 Å². The van der Waals surface area contributed by atoms with Crippen molar-refractivity contribution in [1.82, 2.24) is 0 Å². The summed E-state index contributed by atoms with van der Waals surface area (Å²) >= 11 is 0. The lowest BCUT2D eigenvalue weighted by molar-refractivity contribution is 0.418. The van der Waals surface area contributed by atoms with Crippen molar-refractivity contribution in [1.29, 1.82) is 0 Å². The number of hydrogen-bond acceptors (Lipinski definition) is 4. The summed E-state index contributed by atoms with van der Waals surface area (Å²) in [5, 5.41) is 4.80. The van der Waals surface area contributed by atoms with Crippen LogP contribution in [0.3, 0.4) is 0 Å². The summed E-state index contributed by atoms with van der Waals surface area (Å²) in [6.07, 6.45) is 0. The molecule has 0 unspecified atom stereocenters. The average Bonchev–Trinajstić information content (AvgIpc) is 3.20. The predicted octanol–water partition coefficient (Wildman–Crippen LogP) is 14.1. The second-order valence-electron chi connectivity index (χ2n) is 15.8. The minimum Gasteiger partial charge on any atom is -0.457 e. The second kappa shape index (κ2) is 11.0. The first-order valence-electron chi connectivity index (χ1n) is 18.8. The number of nitrogens with zero attached hydrogens (tertiary/aromatic N) is 2. The Bertz CT molecular complexity index is 2870. The summed E-state index contributed by atoms with van der Waals surface area (Å²) < 4.78 is 13.3. The summed E-state index contributed by atoms with van der Waals surface area (Å²) in [4.78, 5) is 4.83. The summed E-state index contributed by atoms with van der Waals surface area (Å²) in [6, 6.07) is 56.7. The molecule has 0 fully saturated rings. The van der Waals surface area contributed by atoms with Gasteiger partial charge in [-0.2, -0.15) is 0 Å². The molecule has 0 saturated carbocycles. The lowest BCUT2D eigenvalue weighted by Crippen LogP contribution is -2.31. The number of anilines is 6. The number of benzene rings is 8. The molecule has 0 bridgehead atoms. The third kappa shape index (κ3) is 4.25. The number of para-hydroxylation sites is 3. The van der Waals surface area contributed by atoms with Crippen LogP contribution in [0.1, 0.15) is 49.9 Å². The highest BCUT2D eigenvalue weighted by atomic mass is 16.5. The number of ether oxygens (including phenoxy) is 2. The molecule has 3 aliphatic heterocycles. The molecule has 11 rings (SSSR count). The van der Waals surface area contributed by atoms with Gasteiger partial charge in [-0.25, -0.2) is 0 Å². The number of rotatable bonds is 2. The number of hydrogen-bond donors (Lipinski definition) is 0. The van der Waals surface area contributed by atoms with Gasteiger partial charge in [-0.05, 0) is 82.6 Å². The Balaban J connectivity index is 1.08. The van der Waals surface area contributed by atoms with Gasteiger partial charge in [-0.1, -0.05) is 125 Å². The molecule has 0 aromatic heterocycles. The molecular formula is C50H38N2O2. The maximum atomic E-state index is 6.79. The Morgan fingerprint density at radius 2 is 0.870 bits per heavy atom. The minimum atomic E-state index is -0.376. The lowest BCUT2D eigenvalue weighted by atomic mass is 9.72. The van der Waals surface area contributed by atoms with Gasteiger partial charge >= 0.3 is 0 Å². The van der Waals surface area contributed by atoms with Crippen LogP contribution in [0.2, 0.25) is 0 Å². The summed E-state index contributed by atoms with van der Waals surface area (Å²) in [5.41, 5.74) is 11.1. The molecule has 3 aliphatic rings. The maximum absolute atomic E-state index is 6.79. The first kappa shape index (κ1) is 31.0. The molecule has 4 nitrogen and oxygen atoms in total. The fraction of sp³-hybridized carbons (Fsp3) is 0.120. The van der Waals surface area contributed by atoms with Gasteiger partial charge in [-0.3, -0.25) is 0 Å². The molecule has 0 amide bonds. The Labute approximate surface area is 315 Å². The van der Waals surface area contributed by atoms with E-state index in [2.05, 4.69) is 183 Å². The standard InChI is InChI=1S/C50H38N2O2/c1-49(2)37-17-9-10-18-41(37)51(47-35-15-7-5-13-31(35)21-25-38(47)49)33-23-27-43-39(29-33)50(3,4)40-30-34(24-28-44(40)53-43)52-42-19-11-12-20-45(42)54-46-26-22-32-14-6-8-16-36(32)48(46)52/h5-30H,1-4H3. The first-order valence-corrected chi connectivity index (χ1v) is 18.8. The van der Waals surface area contributed by atoms with Crippen molar-refractivity contribution in [2.45, 2.75) is 38.5 Å². The summed E-state index contributed by atoms with van der Waals surface area (Å²) in [7, 11) is 0. The molecule has 3 heterocycles. The molecule has 8 aromatic rings. The predicted molar refractivity (Wildman–Crippen MR) is 222 cm³/mol. The normalized spacial score (nSPS) is 15.6. The fourth-order valence-electron chi connectivity index (χ4n) is 9.25. The topological polar surface area (TPSA) is 24.9 Å². The Kier molecular flexibility index (Phi) is 6.33. The molecule has 0 aliphatic carbocycles. The molecule has 0 spiro atoms. The van der Waals surface area contributed by atoms with Gasteiger partial charge in [0, 0.05) is 44.1 Å². The minimum absolute atomic E-state index is 0.166. The Morgan fingerprint density at radius 3 is 1.57 bits per heavy atom. The molecule has 260 valence electrons.